The molecule has 0 atom stereocenters. The normalized spacial score (nSPS) is 14.8. The average Bonchev–Trinajstić information content (AvgIpc) is 2.97. The van der Waals surface area contributed by atoms with Gasteiger partial charge < -0.3 is 11.1 Å². The first kappa shape index (κ1) is 20.9. The second-order valence-corrected chi connectivity index (χ2v) is 10.5. The Balaban J connectivity index is 2.14. The van der Waals surface area contributed by atoms with Crippen LogP contribution in [0.1, 0.15) is 0 Å². The lowest BCUT2D eigenvalue weighted by Gasteiger charge is -2.42. The van der Waals surface area contributed by atoms with Crippen molar-refractivity contribution in [2.45, 2.75) is 9.79 Å². The summed E-state index contributed by atoms with van der Waals surface area (Å²) in [6.45, 7) is 0. The van der Waals surface area contributed by atoms with Crippen LogP contribution >= 0.6 is 10.2 Å². The first-order valence-electron chi connectivity index (χ1n) is 7.66. The molecule has 3 rings (SSSR count). The molecule has 0 saturated heterocycles. The highest BCUT2D eigenvalue weighted by Crippen LogP contribution is 3.02. The molecule has 3 aromatic rings. The number of hydrogen-bond donors (Lipinski definition) is 3. The average molecular weight is 455 g/mol. The third-order valence-corrected chi connectivity index (χ3v) is 6.05. The van der Waals surface area contributed by atoms with Gasteiger partial charge in [0.15, 0.2) is 9.84 Å². The lowest BCUT2D eigenvalue weighted by atomic mass is 10.1. The molecular formula is C15H14F5N5O2S2. The molecule has 0 unspecified atom stereocenters. The highest BCUT2D eigenvalue weighted by molar-refractivity contribution is 8.45. The molecule has 14 heteroatoms. The van der Waals surface area contributed by atoms with Crippen molar-refractivity contribution in [3.05, 3.63) is 42.5 Å². The van der Waals surface area contributed by atoms with Crippen molar-refractivity contribution in [2.24, 2.45) is 0 Å². The van der Waals surface area contributed by atoms with Crippen molar-refractivity contribution < 1.29 is 27.8 Å². The van der Waals surface area contributed by atoms with Crippen molar-refractivity contribution in [1.29, 1.82) is 0 Å². The third-order valence-electron chi connectivity index (χ3n) is 3.75. The van der Waals surface area contributed by atoms with E-state index in [1.165, 1.54) is 0 Å². The third kappa shape index (κ3) is 4.76. The van der Waals surface area contributed by atoms with Crippen LogP contribution < -0.4 is 11.1 Å². The van der Waals surface area contributed by atoms with Crippen molar-refractivity contribution in [3.63, 3.8) is 0 Å². The van der Waals surface area contributed by atoms with Gasteiger partial charge >= 0.3 is 10.2 Å². The summed E-state index contributed by atoms with van der Waals surface area (Å²) in [5, 5.41) is 8.16. The molecule has 158 valence electrons. The number of anilines is 3. The fourth-order valence-corrected chi connectivity index (χ4v) is 4.08. The molecular weight excluding hydrogens is 441 g/mol. The van der Waals surface area contributed by atoms with E-state index in [4.69, 9.17) is 5.73 Å². The Morgan fingerprint density at radius 2 is 1.66 bits per heavy atom. The molecule has 7 nitrogen and oxygen atoms in total. The monoisotopic (exact) mass is 455 g/mol. The van der Waals surface area contributed by atoms with Crippen LogP contribution in [0.2, 0.25) is 0 Å². The maximum atomic E-state index is 13.7. The zero-order chi connectivity index (χ0) is 21.7. The van der Waals surface area contributed by atoms with E-state index in [0.29, 0.717) is 0 Å². The fraction of sp³-hybridized carbons (Fsp3) is 0.0667. The summed E-state index contributed by atoms with van der Waals surface area (Å²) in [7, 11) is -13.7. The van der Waals surface area contributed by atoms with E-state index in [1.54, 1.807) is 0 Å². The first-order valence-corrected chi connectivity index (χ1v) is 11.5. The largest absolute Gasteiger partial charge is 0.368 e. The predicted molar refractivity (Wildman–Crippen MR) is 100 cm³/mol. The molecule has 0 bridgehead atoms. The number of nitrogens with one attached hydrogen (secondary N) is 2. The first-order chi connectivity index (χ1) is 13.0. The summed E-state index contributed by atoms with van der Waals surface area (Å²) in [6.07, 6.45) is 0.915. The minimum atomic E-state index is -10.1. The van der Waals surface area contributed by atoms with Gasteiger partial charge in [-0.05, 0) is 29.8 Å². The van der Waals surface area contributed by atoms with Crippen molar-refractivity contribution in [1.82, 2.24) is 15.2 Å². The number of nitrogens with two attached hydrogens (primary N) is 1. The SMILES string of the molecule is CS(=O)(=O)c1ccc(-c2ccc(Nc3n[nH]c(N)n3)cc2S(F)(F)(F)(F)F)cc1. The number of sulfone groups is 1. The van der Waals surface area contributed by atoms with Crippen LogP contribution in [0.25, 0.3) is 11.1 Å². The Labute approximate surface area is 161 Å². The quantitative estimate of drug-likeness (QED) is 0.474. The number of nitrogen functional groups attached to an aromatic ring is 1. The van der Waals surface area contributed by atoms with E-state index in [2.05, 4.69) is 20.5 Å². The van der Waals surface area contributed by atoms with Crippen molar-refractivity contribution >= 4 is 37.6 Å². The molecule has 0 aliphatic heterocycles. The van der Waals surface area contributed by atoms with Crippen LogP contribution in [-0.2, 0) is 9.84 Å². The molecule has 0 amide bonds. The van der Waals surface area contributed by atoms with Crippen LogP contribution in [0.4, 0.5) is 37.0 Å². The van der Waals surface area contributed by atoms with Gasteiger partial charge in [-0.2, -0.15) is 4.98 Å². The standard InChI is InChI=1S/C15H14F5N5O2S2/c1-28(26,27)11-5-2-9(3-6-11)12-7-4-10(22-15-23-14(21)24-25-15)8-13(12)29(16,17,18,19)20/h2-8H,1H3,(H4,21,22,23,24,25). The Kier molecular flexibility index (Phi) is 4.19. The van der Waals surface area contributed by atoms with Gasteiger partial charge in [0.2, 0.25) is 11.9 Å². The number of halogens is 5. The van der Waals surface area contributed by atoms with Crippen LogP contribution in [0.3, 0.4) is 0 Å². The number of aromatic nitrogens is 3. The summed E-state index contributed by atoms with van der Waals surface area (Å²) in [4.78, 5) is 1.34. The molecule has 2 aromatic carbocycles. The van der Waals surface area contributed by atoms with Gasteiger partial charge in [-0.1, -0.05) is 37.6 Å². The van der Waals surface area contributed by atoms with Gasteiger partial charge in [0.25, 0.3) is 0 Å². The van der Waals surface area contributed by atoms with E-state index in [9.17, 15) is 27.8 Å². The molecule has 0 fully saturated rings. The Morgan fingerprint density at radius 3 is 2.14 bits per heavy atom. The van der Waals surface area contributed by atoms with Gasteiger partial charge in [0, 0.05) is 17.5 Å². The lowest BCUT2D eigenvalue weighted by Crippen LogP contribution is -2.09. The van der Waals surface area contributed by atoms with Gasteiger partial charge in [-0.15, -0.1) is 5.10 Å². The topological polar surface area (TPSA) is 114 Å². The molecule has 0 aliphatic carbocycles. The Morgan fingerprint density at radius 1 is 1.03 bits per heavy atom. The second-order valence-electron chi connectivity index (χ2n) is 6.15. The minimum Gasteiger partial charge on any atom is -0.368 e. The van der Waals surface area contributed by atoms with Gasteiger partial charge in [-0.25, -0.2) is 13.5 Å². The molecule has 0 aliphatic rings. The maximum Gasteiger partial charge on any atom is 0.311 e. The highest BCUT2D eigenvalue weighted by Gasteiger charge is 2.66. The number of H-pyrrole nitrogens is 1. The summed E-state index contributed by atoms with van der Waals surface area (Å²) in [5.41, 5.74) is 3.94. The summed E-state index contributed by atoms with van der Waals surface area (Å²) >= 11 is 0. The molecule has 0 saturated carbocycles. The molecule has 29 heavy (non-hydrogen) atoms. The smallest absolute Gasteiger partial charge is 0.311 e. The second kappa shape index (κ2) is 5.82. The summed E-state index contributed by atoms with van der Waals surface area (Å²) < 4.78 is 91.5. The maximum absolute atomic E-state index is 13.7. The molecule has 1 aromatic heterocycles. The fourth-order valence-electron chi connectivity index (χ4n) is 2.50. The summed E-state index contributed by atoms with van der Waals surface area (Å²) in [5.74, 6) is -0.330. The van der Waals surface area contributed by atoms with Crippen LogP contribution in [0.5, 0.6) is 0 Å². The van der Waals surface area contributed by atoms with E-state index in [1.807, 2.05) is 0 Å². The number of aromatic amines is 1. The number of benzene rings is 2. The van der Waals surface area contributed by atoms with Crippen LogP contribution in [0, 0.1) is 0 Å². The lowest BCUT2D eigenvalue weighted by molar-refractivity contribution is 0.364. The van der Waals surface area contributed by atoms with Gasteiger partial charge in [0.05, 0.1) is 4.90 Å². The van der Waals surface area contributed by atoms with E-state index >= 15 is 0 Å². The number of rotatable bonds is 5. The number of hydrogen-bond acceptors (Lipinski definition) is 6. The van der Waals surface area contributed by atoms with Gasteiger partial charge in [-0.3, -0.25) is 0 Å². The Bertz CT molecular complexity index is 1190. The highest BCUT2D eigenvalue weighted by atomic mass is 32.5. The van der Waals surface area contributed by atoms with Crippen LogP contribution in [-0.4, -0.2) is 29.9 Å². The Hall–Kier alpha value is -2.87. The van der Waals surface area contributed by atoms with Gasteiger partial charge in [0.1, 0.15) is 4.90 Å². The zero-order valence-electron chi connectivity index (χ0n) is 14.5. The van der Waals surface area contributed by atoms with E-state index in [-0.39, 0.29) is 34.1 Å². The van der Waals surface area contributed by atoms with E-state index in [0.717, 1.165) is 42.7 Å². The zero-order valence-corrected chi connectivity index (χ0v) is 16.2. The predicted octanol–water partition coefficient (Wildman–Crippen LogP) is 4.86. The van der Waals surface area contributed by atoms with E-state index < -0.39 is 30.5 Å². The number of nitrogens with zero attached hydrogens (tertiary/aromatic N) is 2. The van der Waals surface area contributed by atoms with Crippen molar-refractivity contribution in [2.75, 3.05) is 17.3 Å². The van der Waals surface area contributed by atoms with Crippen molar-refractivity contribution in [3.8, 4) is 11.1 Å². The molecule has 0 spiro atoms. The molecule has 4 N–H and O–H groups in total. The molecule has 0 radical (unpaired) electrons. The van der Waals surface area contributed by atoms with Crippen LogP contribution in [0.15, 0.2) is 52.3 Å². The summed E-state index contributed by atoms with van der Waals surface area (Å²) in [6, 6.07) is 6.36. The minimum absolute atomic E-state index is 0.122. The molecule has 1 heterocycles.